The second kappa shape index (κ2) is 6.05. The van der Waals surface area contributed by atoms with Crippen LogP contribution in [0.5, 0.6) is 0 Å². The van der Waals surface area contributed by atoms with Crippen LogP contribution in [0.15, 0.2) is 30.3 Å². The standard InChI is InChI=1S/C14H9ClF3NO2/c1-21-14(20)8-3-5-11(13(18)12(8)17)19-7-2-4-10(16)9(15)6-7/h2-6,19H,1H3. The van der Waals surface area contributed by atoms with E-state index in [2.05, 4.69) is 10.1 Å². The molecule has 0 aliphatic rings. The number of hydrogen-bond donors (Lipinski definition) is 1. The molecule has 3 nitrogen and oxygen atoms in total. The van der Waals surface area contributed by atoms with Crippen molar-refractivity contribution in [3.63, 3.8) is 0 Å². The van der Waals surface area contributed by atoms with Crippen LogP contribution in [-0.4, -0.2) is 13.1 Å². The summed E-state index contributed by atoms with van der Waals surface area (Å²) in [5.74, 6) is -4.20. The predicted molar refractivity (Wildman–Crippen MR) is 72.4 cm³/mol. The molecule has 0 atom stereocenters. The Morgan fingerprint density at radius 1 is 1.14 bits per heavy atom. The molecule has 2 aromatic rings. The van der Waals surface area contributed by atoms with Crippen LogP contribution >= 0.6 is 11.6 Å². The van der Waals surface area contributed by atoms with Crippen LogP contribution in [0.25, 0.3) is 0 Å². The number of rotatable bonds is 3. The van der Waals surface area contributed by atoms with Gasteiger partial charge in [0.25, 0.3) is 0 Å². The van der Waals surface area contributed by atoms with Gasteiger partial charge < -0.3 is 10.1 Å². The summed E-state index contributed by atoms with van der Waals surface area (Å²) in [5.41, 5.74) is -0.467. The minimum atomic E-state index is -1.33. The lowest BCUT2D eigenvalue weighted by atomic mass is 10.1. The molecule has 0 amide bonds. The van der Waals surface area contributed by atoms with E-state index >= 15 is 0 Å². The van der Waals surface area contributed by atoms with E-state index < -0.39 is 29.0 Å². The Kier molecular flexibility index (Phi) is 4.37. The zero-order valence-electron chi connectivity index (χ0n) is 10.7. The molecule has 2 rings (SSSR count). The number of benzene rings is 2. The van der Waals surface area contributed by atoms with Crippen LogP contribution in [0.1, 0.15) is 10.4 Å². The van der Waals surface area contributed by atoms with Crippen molar-refractivity contribution >= 4 is 28.9 Å². The highest BCUT2D eigenvalue weighted by atomic mass is 35.5. The lowest BCUT2D eigenvalue weighted by Gasteiger charge is -2.10. The number of esters is 1. The van der Waals surface area contributed by atoms with Crippen molar-refractivity contribution in [3.05, 3.63) is 58.4 Å². The second-order valence-corrected chi connectivity index (χ2v) is 4.44. The summed E-state index contributed by atoms with van der Waals surface area (Å²) in [6, 6.07) is 5.87. The molecule has 0 aromatic heterocycles. The first-order valence-electron chi connectivity index (χ1n) is 5.72. The first-order valence-corrected chi connectivity index (χ1v) is 6.10. The second-order valence-electron chi connectivity index (χ2n) is 4.03. The number of ether oxygens (including phenoxy) is 1. The van der Waals surface area contributed by atoms with Gasteiger partial charge in [-0.15, -0.1) is 0 Å². The van der Waals surface area contributed by atoms with Crippen molar-refractivity contribution < 1.29 is 22.7 Å². The molecule has 0 fully saturated rings. The highest BCUT2D eigenvalue weighted by Gasteiger charge is 2.19. The van der Waals surface area contributed by atoms with Crippen molar-refractivity contribution in [3.8, 4) is 0 Å². The number of halogens is 4. The van der Waals surface area contributed by atoms with Crippen LogP contribution in [0.3, 0.4) is 0 Å². The van der Waals surface area contributed by atoms with Crippen molar-refractivity contribution in [1.29, 1.82) is 0 Å². The molecule has 0 spiro atoms. The minimum absolute atomic E-state index is 0.160. The molecule has 1 N–H and O–H groups in total. The fraction of sp³-hybridized carbons (Fsp3) is 0.0714. The van der Waals surface area contributed by atoms with E-state index in [-0.39, 0.29) is 16.4 Å². The normalized spacial score (nSPS) is 10.3. The Hall–Kier alpha value is -2.21. The monoisotopic (exact) mass is 315 g/mol. The van der Waals surface area contributed by atoms with Crippen molar-refractivity contribution in [2.45, 2.75) is 0 Å². The number of nitrogens with one attached hydrogen (secondary N) is 1. The summed E-state index contributed by atoms with van der Waals surface area (Å²) in [5, 5.41) is 2.39. The van der Waals surface area contributed by atoms with E-state index in [9.17, 15) is 18.0 Å². The van der Waals surface area contributed by atoms with Gasteiger partial charge in [-0.2, -0.15) is 0 Å². The van der Waals surface area contributed by atoms with Gasteiger partial charge in [-0.3, -0.25) is 0 Å². The molecule has 110 valence electrons. The van der Waals surface area contributed by atoms with Gasteiger partial charge in [0.2, 0.25) is 0 Å². The Morgan fingerprint density at radius 3 is 2.48 bits per heavy atom. The van der Waals surface area contributed by atoms with Crippen LogP contribution in [-0.2, 0) is 4.74 Å². The fourth-order valence-electron chi connectivity index (χ4n) is 1.64. The van der Waals surface area contributed by atoms with Gasteiger partial charge in [-0.1, -0.05) is 11.6 Å². The lowest BCUT2D eigenvalue weighted by Crippen LogP contribution is -2.07. The van der Waals surface area contributed by atoms with Crippen LogP contribution in [0.2, 0.25) is 5.02 Å². The van der Waals surface area contributed by atoms with Crippen LogP contribution in [0, 0.1) is 17.5 Å². The average molecular weight is 316 g/mol. The lowest BCUT2D eigenvalue weighted by molar-refractivity contribution is 0.0594. The molecule has 7 heteroatoms. The first kappa shape index (κ1) is 15.2. The molecule has 0 heterocycles. The zero-order valence-corrected chi connectivity index (χ0v) is 11.5. The van der Waals surface area contributed by atoms with E-state index in [0.717, 1.165) is 19.2 Å². The van der Waals surface area contributed by atoms with Gasteiger partial charge in [-0.05, 0) is 30.3 Å². The molecule has 0 saturated heterocycles. The number of anilines is 2. The van der Waals surface area contributed by atoms with Crippen LogP contribution < -0.4 is 5.32 Å². The SMILES string of the molecule is COC(=O)c1ccc(Nc2ccc(F)c(Cl)c2)c(F)c1F. The van der Waals surface area contributed by atoms with Gasteiger partial charge >= 0.3 is 5.97 Å². The van der Waals surface area contributed by atoms with E-state index in [1.54, 1.807) is 0 Å². The number of carbonyl (C=O) groups is 1. The van der Waals surface area contributed by atoms with Gasteiger partial charge in [0.15, 0.2) is 11.6 Å². The van der Waals surface area contributed by atoms with Crippen LogP contribution in [0.4, 0.5) is 24.5 Å². The Bertz CT molecular complexity index is 707. The molecule has 0 bridgehead atoms. The number of methoxy groups -OCH3 is 1. The highest BCUT2D eigenvalue weighted by molar-refractivity contribution is 6.31. The molecular formula is C14H9ClF3NO2. The van der Waals surface area contributed by atoms with Crippen molar-refractivity contribution in [2.75, 3.05) is 12.4 Å². The third kappa shape index (κ3) is 3.11. The maximum atomic E-state index is 13.9. The van der Waals surface area contributed by atoms with Gasteiger partial charge in [0, 0.05) is 5.69 Å². The van der Waals surface area contributed by atoms with Gasteiger partial charge in [0.1, 0.15) is 5.82 Å². The maximum Gasteiger partial charge on any atom is 0.340 e. The molecule has 0 radical (unpaired) electrons. The molecule has 2 aromatic carbocycles. The van der Waals surface area contributed by atoms with E-state index in [0.29, 0.717) is 0 Å². The van der Waals surface area contributed by atoms with E-state index in [1.165, 1.54) is 18.2 Å². The topological polar surface area (TPSA) is 38.3 Å². The molecule has 21 heavy (non-hydrogen) atoms. The third-order valence-electron chi connectivity index (χ3n) is 2.69. The number of hydrogen-bond acceptors (Lipinski definition) is 3. The maximum absolute atomic E-state index is 13.9. The van der Waals surface area contributed by atoms with Crippen molar-refractivity contribution in [1.82, 2.24) is 0 Å². The smallest absolute Gasteiger partial charge is 0.340 e. The summed E-state index contributed by atoms with van der Waals surface area (Å²) < 4.78 is 45.0. The highest BCUT2D eigenvalue weighted by Crippen LogP contribution is 2.26. The Morgan fingerprint density at radius 2 is 1.86 bits per heavy atom. The third-order valence-corrected chi connectivity index (χ3v) is 2.98. The zero-order chi connectivity index (χ0) is 15.6. The first-order chi connectivity index (χ1) is 9.93. The summed E-state index contributed by atoms with van der Waals surface area (Å²) in [4.78, 5) is 11.2. The molecule has 0 unspecified atom stereocenters. The quantitative estimate of drug-likeness (QED) is 0.859. The van der Waals surface area contributed by atoms with Crippen molar-refractivity contribution in [2.24, 2.45) is 0 Å². The summed E-state index contributed by atoms with van der Waals surface area (Å²) >= 11 is 5.59. The summed E-state index contributed by atoms with van der Waals surface area (Å²) in [6.45, 7) is 0. The summed E-state index contributed by atoms with van der Waals surface area (Å²) in [6.07, 6.45) is 0. The average Bonchev–Trinajstić information content (AvgIpc) is 2.47. The molecule has 0 aliphatic carbocycles. The Balaban J connectivity index is 2.35. The summed E-state index contributed by atoms with van der Waals surface area (Å²) in [7, 11) is 1.06. The van der Waals surface area contributed by atoms with E-state index in [1.807, 2.05) is 0 Å². The van der Waals surface area contributed by atoms with Gasteiger partial charge in [0.05, 0.1) is 23.4 Å². The van der Waals surface area contributed by atoms with E-state index in [4.69, 9.17) is 11.6 Å². The minimum Gasteiger partial charge on any atom is -0.465 e. The fourth-order valence-corrected chi connectivity index (χ4v) is 1.82. The Labute approximate surface area is 123 Å². The molecule has 0 aliphatic heterocycles. The number of carbonyl (C=O) groups excluding carboxylic acids is 1. The largest absolute Gasteiger partial charge is 0.465 e. The molecular weight excluding hydrogens is 307 g/mol. The predicted octanol–water partition coefficient (Wildman–Crippen LogP) is 4.29. The molecule has 0 saturated carbocycles. The van der Waals surface area contributed by atoms with Gasteiger partial charge in [-0.25, -0.2) is 18.0 Å².